The highest BCUT2D eigenvalue weighted by Gasteiger charge is 2.27. The number of amides is 1. The van der Waals surface area contributed by atoms with Crippen LogP contribution in [0.2, 0.25) is 0 Å². The minimum Gasteiger partial charge on any atom is -0.496 e. The average Bonchev–Trinajstić information content (AvgIpc) is 3.12. The minimum atomic E-state index is -0.260. The number of benzene rings is 2. The summed E-state index contributed by atoms with van der Waals surface area (Å²) in [5.74, 6) is 0.393. The number of fused-ring (bicyclic) bond motifs is 1. The summed E-state index contributed by atoms with van der Waals surface area (Å²) in [6.07, 6.45) is 0. The summed E-state index contributed by atoms with van der Waals surface area (Å²) in [6, 6.07) is 12.2. The molecule has 6 nitrogen and oxygen atoms in total. The fraction of sp³-hybridized carbons (Fsp3) is 0.300. The Hall–Kier alpha value is -2.93. The molecule has 2 heterocycles. The van der Waals surface area contributed by atoms with Crippen molar-refractivity contribution in [2.45, 2.75) is 6.54 Å². The Morgan fingerprint density at radius 2 is 2.04 bits per heavy atom. The number of nitrogens with zero attached hydrogens (tertiary/aromatic N) is 2. The van der Waals surface area contributed by atoms with E-state index in [4.69, 9.17) is 4.74 Å². The molecule has 0 atom stereocenters. The van der Waals surface area contributed by atoms with Crippen LogP contribution in [0.5, 0.6) is 5.75 Å². The van der Waals surface area contributed by atoms with Gasteiger partial charge in [-0.3, -0.25) is 9.89 Å². The van der Waals surface area contributed by atoms with Gasteiger partial charge in [0, 0.05) is 5.39 Å². The normalized spacial score (nSPS) is 15.3. The van der Waals surface area contributed by atoms with Crippen molar-refractivity contribution >= 4 is 16.8 Å². The second-order valence-corrected chi connectivity index (χ2v) is 6.79. The summed E-state index contributed by atoms with van der Waals surface area (Å²) >= 11 is 0. The maximum atomic E-state index is 13.6. The number of quaternary nitrogens is 1. The van der Waals surface area contributed by atoms with Crippen LogP contribution in [-0.2, 0) is 6.54 Å². The van der Waals surface area contributed by atoms with Gasteiger partial charge in [0.15, 0.2) is 5.69 Å². The molecule has 1 aliphatic heterocycles. The smallest absolute Gasteiger partial charge is 0.275 e. The largest absolute Gasteiger partial charge is 0.496 e. The second kappa shape index (κ2) is 7.36. The molecule has 2 aromatic carbocycles. The highest BCUT2D eigenvalue weighted by molar-refractivity contribution is 6.04. The lowest BCUT2D eigenvalue weighted by Gasteiger charge is -2.32. The molecule has 0 spiro atoms. The second-order valence-electron chi connectivity index (χ2n) is 6.79. The van der Waals surface area contributed by atoms with Crippen molar-refractivity contribution in [3.63, 3.8) is 0 Å². The number of piperazine rings is 1. The number of methoxy groups -OCH3 is 1. The molecule has 1 saturated heterocycles. The van der Waals surface area contributed by atoms with Gasteiger partial charge in [-0.2, -0.15) is 5.10 Å². The maximum Gasteiger partial charge on any atom is 0.275 e. The van der Waals surface area contributed by atoms with Crippen LogP contribution < -0.4 is 9.64 Å². The van der Waals surface area contributed by atoms with Gasteiger partial charge in [0.1, 0.15) is 18.1 Å². The fourth-order valence-corrected chi connectivity index (χ4v) is 3.63. The monoisotopic (exact) mass is 369 g/mol. The molecule has 1 aromatic heterocycles. The van der Waals surface area contributed by atoms with E-state index in [0.717, 1.165) is 29.6 Å². The molecule has 0 radical (unpaired) electrons. The fourth-order valence-electron chi connectivity index (χ4n) is 3.63. The third-order valence-corrected chi connectivity index (χ3v) is 5.11. The van der Waals surface area contributed by atoms with Crippen LogP contribution in [-0.4, -0.2) is 54.3 Å². The molecule has 0 saturated carbocycles. The number of ether oxygens (including phenoxy) is 1. The van der Waals surface area contributed by atoms with E-state index in [-0.39, 0.29) is 11.7 Å². The van der Waals surface area contributed by atoms with Gasteiger partial charge in [-0.25, -0.2) is 4.39 Å². The van der Waals surface area contributed by atoms with Crippen molar-refractivity contribution in [1.29, 1.82) is 0 Å². The zero-order valence-corrected chi connectivity index (χ0v) is 15.2. The third kappa shape index (κ3) is 3.50. The van der Waals surface area contributed by atoms with Crippen molar-refractivity contribution in [3.8, 4) is 5.75 Å². The highest BCUT2D eigenvalue weighted by atomic mass is 19.1. The first-order valence-corrected chi connectivity index (χ1v) is 9.04. The van der Waals surface area contributed by atoms with Crippen LogP contribution in [0, 0.1) is 5.82 Å². The number of carbonyl (C=O) groups is 1. The minimum absolute atomic E-state index is 0.0464. The molecule has 27 heavy (non-hydrogen) atoms. The Kier molecular flexibility index (Phi) is 4.77. The molecular weight excluding hydrogens is 347 g/mol. The lowest BCUT2D eigenvalue weighted by atomic mass is 10.1. The molecule has 1 aliphatic rings. The summed E-state index contributed by atoms with van der Waals surface area (Å²) in [4.78, 5) is 16.0. The average molecular weight is 369 g/mol. The Morgan fingerprint density at radius 1 is 1.26 bits per heavy atom. The number of carbonyl (C=O) groups excluding carboxylic acids is 1. The van der Waals surface area contributed by atoms with Gasteiger partial charge in [-0.15, -0.1) is 0 Å². The number of nitrogens with one attached hydrogen (secondary N) is 2. The van der Waals surface area contributed by atoms with Crippen LogP contribution in [0.15, 0.2) is 42.5 Å². The van der Waals surface area contributed by atoms with Gasteiger partial charge in [-0.05, 0) is 24.3 Å². The quantitative estimate of drug-likeness (QED) is 0.728. The van der Waals surface area contributed by atoms with Crippen LogP contribution >= 0.6 is 0 Å². The van der Waals surface area contributed by atoms with Gasteiger partial charge in [-0.1, -0.05) is 18.2 Å². The van der Waals surface area contributed by atoms with Gasteiger partial charge in [0.05, 0.1) is 44.4 Å². The van der Waals surface area contributed by atoms with Crippen molar-refractivity contribution in [2.24, 2.45) is 0 Å². The van der Waals surface area contributed by atoms with Gasteiger partial charge < -0.3 is 14.5 Å². The topological polar surface area (TPSA) is 62.7 Å². The van der Waals surface area contributed by atoms with Crippen molar-refractivity contribution in [1.82, 2.24) is 15.1 Å². The van der Waals surface area contributed by atoms with E-state index in [1.54, 1.807) is 13.2 Å². The molecule has 0 aliphatic carbocycles. The Morgan fingerprint density at radius 3 is 2.81 bits per heavy atom. The van der Waals surface area contributed by atoms with Crippen molar-refractivity contribution in [2.75, 3.05) is 33.3 Å². The molecule has 7 heteroatoms. The van der Waals surface area contributed by atoms with E-state index >= 15 is 0 Å². The molecule has 1 amide bonds. The Labute approximate surface area is 156 Å². The third-order valence-electron chi connectivity index (χ3n) is 5.11. The molecule has 0 bridgehead atoms. The number of aromatic nitrogens is 2. The summed E-state index contributed by atoms with van der Waals surface area (Å²) in [5, 5.41) is 7.97. The molecule has 0 unspecified atom stereocenters. The Balaban J connectivity index is 1.42. The van der Waals surface area contributed by atoms with E-state index in [2.05, 4.69) is 10.2 Å². The van der Waals surface area contributed by atoms with Gasteiger partial charge >= 0.3 is 0 Å². The van der Waals surface area contributed by atoms with Gasteiger partial charge in [0.2, 0.25) is 0 Å². The number of rotatable bonds is 4. The number of hydrogen-bond acceptors (Lipinski definition) is 3. The summed E-state index contributed by atoms with van der Waals surface area (Å²) in [5.41, 5.74) is 2.19. The van der Waals surface area contributed by atoms with Crippen LogP contribution in [0.25, 0.3) is 10.9 Å². The maximum absolute atomic E-state index is 13.6. The SMILES string of the molecule is COc1ccc(F)cc1C[NH+]1CCN(C(=O)c2n[nH]c3ccccc23)CC1. The van der Waals surface area contributed by atoms with Crippen LogP contribution in [0.4, 0.5) is 4.39 Å². The van der Waals surface area contributed by atoms with E-state index in [1.165, 1.54) is 17.0 Å². The molecule has 3 aromatic rings. The molecule has 1 fully saturated rings. The number of para-hydroxylation sites is 1. The highest BCUT2D eigenvalue weighted by Crippen LogP contribution is 2.19. The zero-order valence-electron chi connectivity index (χ0n) is 15.2. The first-order chi connectivity index (χ1) is 13.2. The van der Waals surface area contributed by atoms with E-state index < -0.39 is 0 Å². The van der Waals surface area contributed by atoms with Gasteiger partial charge in [0.25, 0.3) is 5.91 Å². The van der Waals surface area contributed by atoms with Crippen molar-refractivity contribution in [3.05, 3.63) is 59.5 Å². The first kappa shape index (κ1) is 17.5. The molecule has 2 N–H and O–H groups in total. The van der Waals surface area contributed by atoms with E-state index in [9.17, 15) is 9.18 Å². The lowest BCUT2D eigenvalue weighted by Crippen LogP contribution is -3.13. The van der Waals surface area contributed by atoms with E-state index in [1.807, 2.05) is 29.2 Å². The number of aromatic amines is 1. The van der Waals surface area contributed by atoms with Crippen molar-refractivity contribution < 1.29 is 18.8 Å². The molecule has 140 valence electrons. The zero-order chi connectivity index (χ0) is 18.8. The van der Waals surface area contributed by atoms with E-state index in [0.29, 0.717) is 31.1 Å². The first-order valence-electron chi connectivity index (χ1n) is 9.04. The number of H-pyrrole nitrogens is 1. The number of hydrogen-bond donors (Lipinski definition) is 2. The molecule has 4 rings (SSSR count). The predicted molar refractivity (Wildman–Crippen MR) is 99.3 cm³/mol. The summed E-state index contributed by atoms with van der Waals surface area (Å²) in [7, 11) is 1.59. The summed E-state index contributed by atoms with van der Waals surface area (Å²) in [6.45, 7) is 3.57. The summed E-state index contributed by atoms with van der Waals surface area (Å²) < 4.78 is 18.9. The number of halogens is 1. The molecular formula is C20H22FN4O2+. The Bertz CT molecular complexity index is 964. The standard InChI is InChI=1S/C20H21FN4O2/c1-27-18-7-6-15(21)12-14(18)13-24-8-10-25(11-9-24)20(26)19-16-4-2-3-5-17(16)22-23-19/h2-7,12H,8-11,13H2,1H3,(H,22,23)/p+1. The van der Waals surface area contributed by atoms with Crippen LogP contribution in [0.3, 0.4) is 0 Å². The predicted octanol–water partition coefficient (Wildman–Crippen LogP) is 1.25. The lowest BCUT2D eigenvalue weighted by molar-refractivity contribution is -0.917. The van der Waals surface area contributed by atoms with Crippen LogP contribution in [0.1, 0.15) is 16.1 Å².